The van der Waals surface area contributed by atoms with E-state index in [1.54, 1.807) is 14.2 Å². The van der Waals surface area contributed by atoms with Crippen molar-refractivity contribution in [1.82, 2.24) is 0 Å². The van der Waals surface area contributed by atoms with E-state index in [9.17, 15) is 9.59 Å². The van der Waals surface area contributed by atoms with Crippen LogP contribution in [0.25, 0.3) is 0 Å². The molecule has 27 heavy (non-hydrogen) atoms. The van der Waals surface area contributed by atoms with Crippen molar-refractivity contribution in [2.75, 3.05) is 14.2 Å². The SMILES string of the molecule is COc1ccc(CCCC(=O)CC(=O)CCCc2ccc(OC)cc2)cc1. The lowest BCUT2D eigenvalue weighted by Crippen LogP contribution is -2.08. The summed E-state index contributed by atoms with van der Waals surface area (Å²) < 4.78 is 10.3. The third-order valence-corrected chi connectivity index (χ3v) is 4.55. The molecule has 2 aromatic rings. The van der Waals surface area contributed by atoms with Gasteiger partial charge in [-0.2, -0.15) is 0 Å². The molecule has 0 fully saturated rings. The van der Waals surface area contributed by atoms with Gasteiger partial charge in [0.05, 0.1) is 20.6 Å². The minimum Gasteiger partial charge on any atom is -0.497 e. The number of methoxy groups -OCH3 is 2. The molecule has 4 heteroatoms. The molecule has 0 bridgehead atoms. The van der Waals surface area contributed by atoms with Gasteiger partial charge >= 0.3 is 0 Å². The molecular formula is C23H28O4. The Morgan fingerprint density at radius 3 is 1.37 bits per heavy atom. The van der Waals surface area contributed by atoms with Gasteiger partial charge in [-0.3, -0.25) is 9.59 Å². The highest BCUT2D eigenvalue weighted by molar-refractivity contribution is 5.98. The van der Waals surface area contributed by atoms with Crippen LogP contribution in [0.15, 0.2) is 48.5 Å². The zero-order valence-electron chi connectivity index (χ0n) is 16.2. The second-order valence-corrected chi connectivity index (χ2v) is 6.66. The van der Waals surface area contributed by atoms with Gasteiger partial charge in [-0.05, 0) is 61.1 Å². The Kier molecular flexibility index (Phi) is 8.56. The summed E-state index contributed by atoms with van der Waals surface area (Å²) in [5.74, 6) is 1.74. The van der Waals surface area contributed by atoms with Crippen molar-refractivity contribution in [3.8, 4) is 11.5 Å². The second-order valence-electron chi connectivity index (χ2n) is 6.66. The highest BCUT2D eigenvalue weighted by atomic mass is 16.5. The van der Waals surface area contributed by atoms with Crippen molar-refractivity contribution in [2.24, 2.45) is 0 Å². The Labute approximate surface area is 161 Å². The number of Topliss-reactive ketones (excluding diaryl/α,β-unsaturated/α-hetero) is 2. The normalized spacial score (nSPS) is 10.4. The minimum atomic E-state index is 0.0398. The van der Waals surface area contributed by atoms with E-state index in [4.69, 9.17) is 9.47 Å². The maximum atomic E-state index is 12.0. The summed E-state index contributed by atoms with van der Waals surface area (Å²) in [6.07, 6.45) is 4.18. The zero-order valence-corrected chi connectivity index (χ0v) is 16.2. The molecule has 2 aromatic carbocycles. The molecule has 0 aliphatic carbocycles. The quantitative estimate of drug-likeness (QED) is 0.515. The van der Waals surface area contributed by atoms with E-state index >= 15 is 0 Å². The van der Waals surface area contributed by atoms with Crippen LogP contribution in [0.2, 0.25) is 0 Å². The fraction of sp³-hybridized carbons (Fsp3) is 0.391. The summed E-state index contributed by atoms with van der Waals surface area (Å²) in [4.78, 5) is 24.0. The van der Waals surface area contributed by atoms with Crippen LogP contribution in [-0.4, -0.2) is 25.8 Å². The van der Waals surface area contributed by atoms with Crippen molar-refractivity contribution in [2.45, 2.75) is 44.9 Å². The molecule has 0 amide bonds. The number of benzene rings is 2. The van der Waals surface area contributed by atoms with Gasteiger partial charge < -0.3 is 9.47 Å². The predicted octanol–water partition coefficient (Wildman–Crippen LogP) is 4.58. The molecule has 0 atom stereocenters. The van der Waals surface area contributed by atoms with Crippen molar-refractivity contribution >= 4 is 11.6 Å². The molecule has 144 valence electrons. The molecule has 0 saturated carbocycles. The van der Waals surface area contributed by atoms with Crippen molar-refractivity contribution < 1.29 is 19.1 Å². The summed E-state index contributed by atoms with van der Waals surface area (Å²) >= 11 is 0. The van der Waals surface area contributed by atoms with Crippen LogP contribution in [0.4, 0.5) is 0 Å². The van der Waals surface area contributed by atoms with Gasteiger partial charge in [0.15, 0.2) is 0 Å². The van der Waals surface area contributed by atoms with E-state index in [1.165, 1.54) is 11.1 Å². The summed E-state index contributed by atoms with van der Waals surface area (Å²) in [7, 11) is 3.28. The standard InChI is InChI=1S/C23H28O4/c1-26-22-13-9-18(10-14-22)5-3-7-20(24)17-21(25)8-4-6-19-11-15-23(27-2)16-12-19/h9-16H,3-8,17H2,1-2H3. The second kappa shape index (κ2) is 11.2. The molecule has 0 saturated heterocycles. The third-order valence-electron chi connectivity index (χ3n) is 4.55. The van der Waals surface area contributed by atoms with E-state index < -0.39 is 0 Å². The number of rotatable bonds is 12. The molecule has 4 nitrogen and oxygen atoms in total. The topological polar surface area (TPSA) is 52.6 Å². The van der Waals surface area contributed by atoms with Crippen LogP contribution in [0.5, 0.6) is 11.5 Å². The Morgan fingerprint density at radius 1 is 0.667 bits per heavy atom. The first kappa shape index (κ1) is 20.7. The molecule has 0 aliphatic rings. The Hall–Kier alpha value is -2.62. The lowest BCUT2D eigenvalue weighted by atomic mass is 10.0. The Bertz CT molecular complexity index is 654. The van der Waals surface area contributed by atoms with Gasteiger partial charge in [0, 0.05) is 12.8 Å². The molecule has 0 unspecified atom stereocenters. The number of ether oxygens (including phenoxy) is 2. The third kappa shape index (κ3) is 7.65. The van der Waals surface area contributed by atoms with E-state index in [0.29, 0.717) is 12.8 Å². The van der Waals surface area contributed by atoms with Gasteiger partial charge in [-0.1, -0.05) is 24.3 Å². The number of aryl methyl sites for hydroxylation is 2. The zero-order chi connectivity index (χ0) is 19.5. The molecule has 0 radical (unpaired) electrons. The molecule has 0 aliphatic heterocycles. The van der Waals surface area contributed by atoms with Gasteiger partial charge in [0.25, 0.3) is 0 Å². The van der Waals surface area contributed by atoms with Crippen LogP contribution >= 0.6 is 0 Å². The van der Waals surface area contributed by atoms with Gasteiger partial charge in [0.2, 0.25) is 0 Å². The lowest BCUT2D eigenvalue weighted by molar-refractivity contribution is -0.127. The van der Waals surface area contributed by atoms with Crippen LogP contribution < -0.4 is 9.47 Å². The largest absolute Gasteiger partial charge is 0.497 e. The van der Waals surface area contributed by atoms with E-state index in [1.807, 2.05) is 48.5 Å². The average molecular weight is 368 g/mol. The smallest absolute Gasteiger partial charge is 0.140 e. The summed E-state index contributed by atoms with van der Waals surface area (Å²) in [6, 6.07) is 15.7. The molecule has 0 aromatic heterocycles. The summed E-state index contributed by atoms with van der Waals surface area (Å²) in [6.45, 7) is 0. The number of carbonyl (C=O) groups is 2. The summed E-state index contributed by atoms with van der Waals surface area (Å²) in [5.41, 5.74) is 2.35. The van der Waals surface area contributed by atoms with Gasteiger partial charge in [0.1, 0.15) is 23.1 Å². The fourth-order valence-electron chi connectivity index (χ4n) is 2.96. The van der Waals surface area contributed by atoms with Crippen LogP contribution in [0.3, 0.4) is 0 Å². The monoisotopic (exact) mass is 368 g/mol. The molecule has 0 N–H and O–H groups in total. The van der Waals surface area contributed by atoms with Crippen LogP contribution in [0.1, 0.15) is 43.2 Å². The first-order chi connectivity index (χ1) is 13.1. The van der Waals surface area contributed by atoms with Gasteiger partial charge in [-0.15, -0.1) is 0 Å². The average Bonchev–Trinajstić information content (AvgIpc) is 2.69. The van der Waals surface area contributed by atoms with Crippen LogP contribution in [0, 0.1) is 0 Å². The van der Waals surface area contributed by atoms with Crippen LogP contribution in [-0.2, 0) is 22.4 Å². The first-order valence-corrected chi connectivity index (χ1v) is 9.40. The molecule has 0 heterocycles. The lowest BCUT2D eigenvalue weighted by Gasteiger charge is -2.05. The number of hydrogen-bond donors (Lipinski definition) is 0. The highest BCUT2D eigenvalue weighted by Crippen LogP contribution is 2.15. The van der Waals surface area contributed by atoms with Gasteiger partial charge in [-0.25, -0.2) is 0 Å². The van der Waals surface area contributed by atoms with E-state index in [0.717, 1.165) is 37.2 Å². The number of hydrogen-bond acceptors (Lipinski definition) is 4. The maximum Gasteiger partial charge on any atom is 0.140 e. The number of ketones is 2. The minimum absolute atomic E-state index is 0.0398. The molecular weight excluding hydrogens is 340 g/mol. The summed E-state index contributed by atoms with van der Waals surface area (Å²) in [5, 5.41) is 0. The van der Waals surface area contributed by atoms with Crippen molar-refractivity contribution in [1.29, 1.82) is 0 Å². The van der Waals surface area contributed by atoms with Crippen molar-refractivity contribution in [3.05, 3.63) is 59.7 Å². The fourth-order valence-corrected chi connectivity index (χ4v) is 2.96. The Balaban J connectivity index is 1.60. The first-order valence-electron chi connectivity index (χ1n) is 9.40. The van der Waals surface area contributed by atoms with E-state index in [2.05, 4.69) is 0 Å². The number of carbonyl (C=O) groups excluding carboxylic acids is 2. The van der Waals surface area contributed by atoms with E-state index in [-0.39, 0.29) is 18.0 Å². The van der Waals surface area contributed by atoms with Crippen molar-refractivity contribution in [3.63, 3.8) is 0 Å². The predicted molar refractivity (Wildman–Crippen MR) is 106 cm³/mol. The highest BCUT2D eigenvalue weighted by Gasteiger charge is 2.09. The molecule has 2 rings (SSSR count). The Morgan fingerprint density at radius 2 is 1.04 bits per heavy atom. The molecule has 0 spiro atoms. The maximum absolute atomic E-state index is 12.0.